The molecule has 0 amide bonds. The van der Waals surface area contributed by atoms with Gasteiger partial charge in [-0.15, -0.1) is 5.10 Å². The van der Waals surface area contributed by atoms with E-state index in [1.54, 1.807) is 6.92 Å². The second-order valence-electron chi connectivity index (χ2n) is 3.92. The lowest BCUT2D eigenvalue weighted by Gasteiger charge is -2.16. The van der Waals surface area contributed by atoms with Crippen LogP contribution < -0.4 is 5.73 Å². The molecule has 0 fully saturated rings. The summed E-state index contributed by atoms with van der Waals surface area (Å²) in [6.45, 7) is 1.80. The number of nitrogens with two attached hydrogens (primary N) is 1. The standard InChI is InChI=1S/C11H10F3N3/c1-5-2-10(16-17-11(5)15)6-3-8(13)9(14)4-7(6)12/h3-5H,2H2,1H3,(H2,15,17). The predicted octanol–water partition coefficient (Wildman–Crippen LogP) is 2.21. The molecule has 0 saturated heterocycles. The summed E-state index contributed by atoms with van der Waals surface area (Å²) in [5.74, 6) is -2.95. The number of rotatable bonds is 1. The molecule has 0 aliphatic carbocycles. The summed E-state index contributed by atoms with van der Waals surface area (Å²) in [7, 11) is 0. The zero-order valence-electron chi connectivity index (χ0n) is 9.04. The lowest BCUT2D eigenvalue weighted by Crippen LogP contribution is -2.27. The molecule has 1 aromatic rings. The van der Waals surface area contributed by atoms with Crippen LogP contribution in [0, 0.1) is 23.4 Å². The van der Waals surface area contributed by atoms with Gasteiger partial charge in [-0.05, 0) is 6.07 Å². The van der Waals surface area contributed by atoms with E-state index >= 15 is 0 Å². The first kappa shape index (κ1) is 11.6. The Morgan fingerprint density at radius 2 is 1.76 bits per heavy atom. The minimum atomic E-state index is -1.22. The van der Waals surface area contributed by atoms with E-state index < -0.39 is 17.5 Å². The van der Waals surface area contributed by atoms with Gasteiger partial charge >= 0.3 is 0 Å². The molecule has 0 radical (unpaired) electrons. The average Bonchev–Trinajstić information content (AvgIpc) is 2.27. The maximum absolute atomic E-state index is 13.5. The van der Waals surface area contributed by atoms with Crippen molar-refractivity contribution >= 4 is 11.5 Å². The van der Waals surface area contributed by atoms with Crippen LogP contribution in [0.1, 0.15) is 18.9 Å². The molecule has 1 aliphatic rings. The van der Waals surface area contributed by atoms with Gasteiger partial charge in [0.25, 0.3) is 0 Å². The topological polar surface area (TPSA) is 50.7 Å². The Kier molecular flexibility index (Phi) is 2.87. The van der Waals surface area contributed by atoms with Crippen molar-refractivity contribution < 1.29 is 13.2 Å². The molecule has 90 valence electrons. The molecule has 0 spiro atoms. The zero-order valence-corrected chi connectivity index (χ0v) is 9.04. The number of halogens is 3. The molecule has 1 atom stereocenters. The third-order valence-corrected chi connectivity index (χ3v) is 2.61. The highest BCUT2D eigenvalue weighted by atomic mass is 19.2. The molecule has 6 heteroatoms. The molecule has 3 nitrogen and oxygen atoms in total. The Morgan fingerprint density at radius 3 is 2.41 bits per heavy atom. The zero-order chi connectivity index (χ0) is 12.6. The number of nitrogens with zero attached hydrogens (tertiary/aromatic N) is 2. The van der Waals surface area contributed by atoms with Crippen LogP contribution in [0.5, 0.6) is 0 Å². The molecule has 17 heavy (non-hydrogen) atoms. The quantitative estimate of drug-likeness (QED) is 0.753. The number of hydrogen-bond acceptors (Lipinski definition) is 3. The number of benzene rings is 1. The van der Waals surface area contributed by atoms with Crippen LogP contribution in [0.3, 0.4) is 0 Å². The Labute approximate surface area is 95.8 Å². The van der Waals surface area contributed by atoms with E-state index in [2.05, 4.69) is 10.2 Å². The highest BCUT2D eigenvalue weighted by molar-refractivity contribution is 6.04. The fraction of sp³-hybridized carbons (Fsp3) is 0.273. The van der Waals surface area contributed by atoms with Gasteiger partial charge in [0.2, 0.25) is 0 Å². The van der Waals surface area contributed by atoms with Gasteiger partial charge in [-0.25, -0.2) is 13.2 Å². The van der Waals surface area contributed by atoms with Gasteiger partial charge in [-0.1, -0.05) is 6.92 Å². The largest absolute Gasteiger partial charge is 0.385 e. The third-order valence-electron chi connectivity index (χ3n) is 2.61. The van der Waals surface area contributed by atoms with Crippen LogP contribution in [0.4, 0.5) is 13.2 Å². The molecule has 0 aromatic heterocycles. The van der Waals surface area contributed by atoms with Crippen molar-refractivity contribution in [2.75, 3.05) is 0 Å². The first-order valence-electron chi connectivity index (χ1n) is 5.04. The summed E-state index contributed by atoms with van der Waals surface area (Å²) in [4.78, 5) is 0. The Bertz CT molecular complexity index is 523. The van der Waals surface area contributed by atoms with Crippen LogP contribution in [-0.2, 0) is 0 Å². The average molecular weight is 241 g/mol. The predicted molar refractivity (Wildman–Crippen MR) is 58.3 cm³/mol. The van der Waals surface area contributed by atoms with Gasteiger partial charge in [0, 0.05) is 24.0 Å². The van der Waals surface area contributed by atoms with Crippen LogP contribution in [0.2, 0.25) is 0 Å². The van der Waals surface area contributed by atoms with Crippen LogP contribution in [0.15, 0.2) is 22.3 Å². The normalized spacial score (nSPS) is 19.9. The lowest BCUT2D eigenvalue weighted by atomic mass is 9.97. The summed E-state index contributed by atoms with van der Waals surface area (Å²) in [6.07, 6.45) is 0.345. The van der Waals surface area contributed by atoms with Gasteiger partial charge in [0.05, 0.1) is 5.71 Å². The lowest BCUT2D eigenvalue weighted by molar-refractivity contribution is 0.494. The molecule has 0 saturated carbocycles. The Morgan fingerprint density at radius 1 is 1.12 bits per heavy atom. The van der Waals surface area contributed by atoms with Crippen molar-refractivity contribution in [1.82, 2.24) is 0 Å². The summed E-state index contributed by atoms with van der Waals surface area (Å²) in [6, 6.07) is 1.28. The van der Waals surface area contributed by atoms with Crippen LogP contribution in [0.25, 0.3) is 0 Å². The highest BCUT2D eigenvalue weighted by Crippen LogP contribution is 2.20. The van der Waals surface area contributed by atoms with Crippen molar-refractivity contribution in [2.24, 2.45) is 21.9 Å². The molecule has 2 N–H and O–H groups in total. The fourth-order valence-corrected chi connectivity index (χ4v) is 1.56. The molecular formula is C11H10F3N3. The van der Waals surface area contributed by atoms with Gasteiger partial charge in [0.1, 0.15) is 11.7 Å². The fourth-order valence-electron chi connectivity index (χ4n) is 1.56. The van der Waals surface area contributed by atoms with Crippen molar-refractivity contribution in [3.8, 4) is 0 Å². The van der Waals surface area contributed by atoms with E-state index in [0.717, 1.165) is 6.07 Å². The monoisotopic (exact) mass is 241 g/mol. The SMILES string of the molecule is CC1CC(c2cc(F)c(F)cc2F)=NN=C1N. The van der Waals surface area contributed by atoms with Crippen LogP contribution in [-0.4, -0.2) is 11.5 Å². The summed E-state index contributed by atoms with van der Waals surface area (Å²) >= 11 is 0. The number of hydrogen-bond donors (Lipinski definition) is 1. The summed E-state index contributed by atoms with van der Waals surface area (Å²) in [5.41, 5.74) is 5.72. The van der Waals surface area contributed by atoms with E-state index in [9.17, 15) is 13.2 Å². The van der Waals surface area contributed by atoms with Gasteiger partial charge in [-0.3, -0.25) is 0 Å². The van der Waals surface area contributed by atoms with E-state index in [4.69, 9.17) is 5.73 Å². The summed E-state index contributed by atoms with van der Waals surface area (Å²) in [5, 5.41) is 7.37. The van der Waals surface area contributed by atoms with Crippen molar-refractivity contribution in [3.05, 3.63) is 35.1 Å². The maximum Gasteiger partial charge on any atom is 0.161 e. The smallest absolute Gasteiger partial charge is 0.161 e. The first-order valence-corrected chi connectivity index (χ1v) is 5.04. The van der Waals surface area contributed by atoms with E-state index in [0.29, 0.717) is 18.3 Å². The van der Waals surface area contributed by atoms with Gasteiger partial charge < -0.3 is 5.73 Å². The Hall–Kier alpha value is -1.85. The van der Waals surface area contributed by atoms with E-state index in [1.165, 1.54) is 0 Å². The second-order valence-corrected chi connectivity index (χ2v) is 3.92. The van der Waals surface area contributed by atoms with Gasteiger partial charge in [-0.2, -0.15) is 5.10 Å². The van der Waals surface area contributed by atoms with E-state index in [-0.39, 0.29) is 17.2 Å². The Balaban J connectivity index is 2.45. The summed E-state index contributed by atoms with van der Waals surface area (Å²) < 4.78 is 39.3. The molecule has 1 unspecified atom stereocenters. The molecule has 0 bridgehead atoms. The van der Waals surface area contributed by atoms with Crippen molar-refractivity contribution in [2.45, 2.75) is 13.3 Å². The maximum atomic E-state index is 13.5. The van der Waals surface area contributed by atoms with Crippen molar-refractivity contribution in [3.63, 3.8) is 0 Å². The van der Waals surface area contributed by atoms with Crippen LogP contribution >= 0.6 is 0 Å². The molecular weight excluding hydrogens is 231 g/mol. The van der Waals surface area contributed by atoms with Gasteiger partial charge in [0.15, 0.2) is 11.6 Å². The van der Waals surface area contributed by atoms with Crippen molar-refractivity contribution in [1.29, 1.82) is 0 Å². The number of amidine groups is 1. The highest BCUT2D eigenvalue weighted by Gasteiger charge is 2.21. The molecule has 1 aromatic carbocycles. The molecule has 1 aliphatic heterocycles. The first-order chi connectivity index (χ1) is 7.99. The molecule has 1 heterocycles. The minimum absolute atomic E-state index is 0.0769. The second kappa shape index (κ2) is 4.20. The van der Waals surface area contributed by atoms with E-state index in [1.807, 2.05) is 0 Å². The minimum Gasteiger partial charge on any atom is -0.385 e. The molecule has 2 rings (SSSR count). The third kappa shape index (κ3) is 2.15.